The third-order valence-electron chi connectivity index (χ3n) is 5.14. The van der Waals surface area contributed by atoms with Crippen molar-refractivity contribution in [1.29, 1.82) is 0 Å². The van der Waals surface area contributed by atoms with E-state index in [1.165, 1.54) is 0 Å². The molecule has 3 heterocycles. The second-order valence-electron chi connectivity index (χ2n) is 7.70. The van der Waals surface area contributed by atoms with Crippen molar-refractivity contribution in [2.75, 3.05) is 32.0 Å². The van der Waals surface area contributed by atoms with E-state index in [0.29, 0.717) is 23.3 Å². The van der Waals surface area contributed by atoms with Crippen molar-refractivity contribution >= 4 is 17.0 Å². The molecule has 0 aliphatic carbocycles. The van der Waals surface area contributed by atoms with Crippen molar-refractivity contribution < 1.29 is 14.1 Å². The number of hydrogen-bond donors (Lipinski definition) is 1. The first-order chi connectivity index (χ1) is 14.1. The summed E-state index contributed by atoms with van der Waals surface area (Å²) in [6.45, 7) is 10.3. The monoisotopic (exact) mass is 400 g/mol. The van der Waals surface area contributed by atoms with Gasteiger partial charge in [-0.3, -0.25) is 4.90 Å². The molecule has 156 valence electrons. The SMILES string of the molecule is CCC(Oc1ccc2c(nc(N)n2CC(C)C)c1-c1cnon1)N1CCOCC1. The summed E-state index contributed by atoms with van der Waals surface area (Å²) < 4.78 is 18.8. The molecule has 0 bridgehead atoms. The molecule has 1 saturated heterocycles. The molecule has 1 atom stereocenters. The average molecular weight is 400 g/mol. The third kappa shape index (κ3) is 3.92. The molecular formula is C20H28N6O3. The van der Waals surface area contributed by atoms with E-state index in [1.807, 2.05) is 16.7 Å². The molecule has 2 aromatic heterocycles. The van der Waals surface area contributed by atoms with Crippen LogP contribution < -0.4 is 10.5 Å². The average Bonchev–Trinajstić information content (AvgIpc) is 3.35. The van der Waals surface area contributed by atoms with E-state index in [-0.39, 0.29) is 6.23 Å². The number of imidazole rings is 1. The predicted molar refractivity (Wildman–Crippen MR) is 109 cm³/mol. The minimum atomic E-state index is -0.0648. The topological polar surface area (TPSA) is 104 Å². The van der Waals surface area contributed by atoms with E-state index >= 15 is 0 Å². The molecule has 0 saturated carbocycles. The summed E-state index contributed by atoms with van der Waals surface area (Å²) in [7, 11) is 0. The molecule has 0 radical (unpaired) electrons. The van der Waals surface area contributed by atoms with Crippen molar-refractivity contribution in [1.82, 2.24) is 24.8 Å². The highest BCUT2D eigenvalue weighted by molar-refractivity contribution is 5.95. The molecule has 1 aliphatic rings. The summed E-state index contributed by atoms with van der Waals surface area (Å²) in [5.41, 5.74) is 9.27. The van der Waals surface area contributed by atoms with Gasteiger partial charge in [0.1, 0.15) is 17.0 Å². The lowest BCUT2D eigenvalue weighted by atomic mass is 10.1. The lowest BCUT2D eigenvalue weighted by Gasteiger charge is -2.34. The standard InChI is InChI=1S/C20H28N6O3/c1-4-17(25-7-9-27-10-8-25)28-16-6-5-15-19(18(16)14-11-22-29-24-14)23-20(21)26(15)12-13(2)3/h5-6,11,13,17H,4,7-10,12H2,1-3H3,(H2,21,23). The molecule has 9 nitrogen and oxygen atoms in total. The van der Waals surface area contributed by atoms with Crippen LogP contribution in [-0.4, -0.2) is 57.3 Å². The number of fused-ring (bicyclic) bond motifs is 1. The lowest BCUT2D eigenvalue weighted by Crippen LogP contribution is -2.46. The predicted octanol–water partition coefficient (Wildman–Crippen LogP) is 2.77. The number of nitrogens with two attached hydrogens (primary N) is 1. The largest absolute Gasteiger partial charge is 0.474 e. The number of ether oxygens (including phenoxy) is 2. The van der Waals surface area contributed by atoms with Gasteiger partial charge in [-0.25, -0.2) is 9.61 Å². The Morgan fingerprint density at radius 1 is 1.24 bits per heavy atom. The van der Waals surface area contributed by atoms with Crippen molar-refractivity contribution in [3.63, 3.8) is 0 Å². The highest BCUT2D eigenvalue weighted by Crippen LogP contribution is 2.37. The van der Waals surface area contributed by atoms with Gasteiger partial charge >= 0.3 is 0 Å². The number of anilines is 1. The van der Waals surface area contributed by atoms with Crippen molar-refractivity contribution in [3.05, 3.63) is 18.3 Å². The zero-order chi connectivity index (χ0) is 20.4. The number of aromatic nitrogens is 4. The van der Waals surface area contributed by atoms with Crippen LogP contribution in [0.25, 0.3) is 22.3 Å². The molecule has 1 unspecified atom stereocenters. The second kappa shape index (κ2) is 8.38. The number of morpholine rings is 1. The third-order valence-corrected chi connectivity index (χ3v) is 5.14. The molecule has 9 heteroatoms. The molecule has 3 aromatic rings. The number of benzene rings is 1. The van der Waals surface area contributed by atoms with Crippen LogP contribution in [0.4, 0.5) is 5.95 Å². The zero-order valence-corrected chi connectivity index (χ0v) is 17.2. The van der Waals surface area contributed by atoms with E-state index in [1.54, 1.807) is 6.20 Å². The van der Waals surface area contributed by atoms with Crippen LogP contribution in [0.3, 0.4) is 0 Å². The molecule has 1 fully saturated rings. The summed E-state index contributed by atoms with van der Waals surface area (Å²) in [5, 5.41) is 7.83. The number of nitrogen functional groups attached to an aromatic ring is 1. The first kappa shape index (κ1) is 19.7. The van der Waals surface area contributed by atoms with Crippen LogP contribution in [0.15, 0.2) is 23.0 Å². The maximum absolute atomic E-state index is 6.47. The molecule has 4 rings (SSSR count). The lowest BCUT2D eigenvalue weighted by molar-refractivity contribution is -0.0466. The van der Waals surface area contributed by atoms with Crippen LogP contribution in [0.1, 0.15) is 27.2 Å². The number of hydrogen-bond acceptors (Lipinski definition) is 8. The Morgan fingerprint density at radius 2 is 2.03 bits per heavy atom. The molecule has 29 heavy (non-hydrogen) atoms. The van der Waals surface area contributed by atoms with Gasteiger partial charge < -0.3 is 19.8 Å². The quantitative estimate of drug-likeness (QED) is 0.645. The molecule has 0 spiro atoms. The summed E-state index contributed by atoms with van der Waals surface area (Å²) in [6, 6.07) is 3.98. The fourth-order valence-electron chi connectivity index (χ4n) is 3.80. The summed E-state index contributed by atoms with van der Waals surface area (Å²) >= 11 is 0. The number of rotatable bonds is 7. The second-order valence-corrected chi connectivity index (χ2v) is 7.70. The minimum absolute atomic E-state index is 0.0648. The first-order valence-corrected chi connectivity index (χ1v) is 10.1. The Kier molecular flexibility index (Phi) is 5.68. The van der Waals surface area contributed by atoms with Gasteiger partial charge in [-0.1, -0.05) is 25.9 Å². The van der Waals surface area contributed by atoms with Crippen LogP contribution in [0, 0.1) is 5.92 Å². The molecule has 2 N–H and O–H groups in total. The molecule has 1 aromatic carbocycles. The fraction of sp³-hybridized carbons (Fsp3) is 0.550. The molecule has 1 aliphatic heterocycles. The Bertz CT molecular complexity index is 947. The zero-order valence-electron chi connectivity index (χ0n) is 17.2. The maximum atomic E-state index is 6.47. The maximum Gasteiger partial charge on any atom is 0.201 e. The van der Waals surface area contributed by atoms with Crippen LogP contribution in [-0.2, 0) is 11.3 Å². The van der Waals surface area contributed by atoms with E-state index in [0.717, 1.165) is 55.9 Å². The van der Waals surface area contributed by atoms with E-state index < -0.39 is 0 Å². The van der Waals surface area contributed by atoms with E-state index in [9.17, 15) is 0 Å². The highest BCUT2D eigenvalue weighted by Gasteiger charge is 2.25. The number of nitrogens with zero attached hydrogens (tertiary/aromatic N) is 5. The van der Waals surface area contributed by atoms with Gasteiger partial charge in [-0.15, -0.1) is 0 Å². The van der Waals surface area contributed by atoms with E-state index in [4.69, 9.17) is 19.8 Å². The Labute approximate surface area is 169 Å². The van der Waals surface area contributed by atoms with Crippen molar-refractivity contribution in [3.8, 4) is 17.0 Å². The Morgan fingerprint density at radius 3 is 2.69 bits per heavy atom. The molecular weight excluding hydrogens is 372 g/mol. The highest BCUT2D eigenvalue weighted by atomic mass is 16.6. The van der Waals surface area contributed by atoms with Crippen LogP contribution in [0.2, 0.25) is 0 Å². The summed E-state index contributed by atoms with van der Waals surface area (Å²) in [5.74, 6) is 1.61. The van der Waals surface area contributed by atoms with Gasteiger partial charge in [0.2, 0.25) is 5.95 Å². The fourth-order valence-corrected chi connectivity index (χ4v) is 3.80. The normalized spacial score (nSPS) is 16.6. The van der Waals surface area contributed by atoms with Crippen LogP contribution in [0.5, 0.6) is 5.75 Å². The van der Waals surface area contributed by atoms with Gasteiger partial charge in [-0.2, -0.15) is 0 Å². The summed E-state index contributed by atoms with van der Waals surface area (Å²) in [4.78, 5) is 6.94. The van der Waals surface area contributed by atoms with Gasteiger partial charge in [0.15, 0.2) is 6.23 Å². The van der Waals surface area contributed by atoms with Crippen molar-refractivity contribution in [2.24, 2.45) is 5.92 Å². The van der Waals surface area contributed by atoms with Crippen LogP contribution >= 0.6 is 0 Å². The smallest absolute Gasteiger partial charge is 0.201 e. The van der Waals surface area contributed by atoms with E-state index in [2.05, 4.69) is 41.0 Å². The van der Waals surface area contributed by atoms with Crippen molar-refractivity contribution in [2.45, 2.75) is 40.0 Å². The summed E-state index contributed by atoms with van der Waals surface area (Å²) in [6.07, 6.45) is 2.36. The van der Waals surface area contributed by atoms with Gasteiger partial charge in [-0.05, 0) is 29.6 Å². The first-order valence-electron chi connectivity index (χ1n) is 10.1. The van der Waals surface area contributed by atoms with Gasteiger partial charge in [0, 0.05) is 19.6 Å². The molecule has 0 amide bonds. The Hall–Kier alpha value is -2.65. The van der Waals surface area contributed by atoms with Gasteiger partial charge in [0.25, 0.3) is 0 Å². The minimum Gasteiger partial charge on any atom is -0.474 e. The Balaban J connectivity index is 1.78. The van der Waals surface area contributed by atoms with Gasteiger partial charge in [0.05, 0.1) is 30.5 Å².